The summed E-state index contributed by atoms with van der Waals surface area (Å²) in [6.45, 7) is 1.99. The molecule has 0 bridgehead atoms. The maximum absolute atomic E-state index is 13.7. The van der Waals surface area contributed by atoms with Crippen molar-refractivity contribution >= 4 is 35.1 Å². The summed E-state index contributed by atoms with van der Waals surface area (Å²) in [4.78, 5) is 25.0. The van der Waals surface area contributed by atoms with Crippen LogP contribution in [0.1, 0.15) is 47.6 Å². The van der Waals surface area contributed by atoms with Gasteiger partial charge < -0.3 is 21.9 Å². The second-order valence-electron chi connectivity index (χ2n) is 7.79. The fraction of sp³-hybridized carbons (Fsp3) is 0.318. The molecule has 1 aromatic carbocycles. The Bertz CT molecular complexity index is 1130. The predicted molar refractivity (Wildman–Crippen MR) is 123 cm³/mol. The van der Waals surface area contributed by atoms with Crippen molar-refractivity contribution in [3.8, 4) is 0 Å². The number of carbonyl (C=O) groups excluding carboxylic acids is 1. The number of carbonyl (C=O) groups is 2. The molecule has 0 saturated carbocycles. The lowest BCUT2D eigenvalue weighted by atomic mass is 9.80. The van der Waals surface area contributed by atoms with Crippen molar-refractivity contribution in [3.05, 3.63) is 63.7 Å². The molecule has 2 heterocycles. The maximum atomic E-state index is 13.7. The quantitative estimate of drug-likeness (QED) is 0.303. The number of hydrogen-bond acceptors (Lipinski definition) is 5. The van der Waals surface area contributed by atoms with Gasteiger partial charge in [0.25, 0.3) is 0 Å². The van der Waals surface area contributed by atoms with Gasteiger partial charge in [-0.2, -0.15) is 5.10 Å². The molecule has 1 aliphatic carbocycles. The van der Waals surface area contributed by atoms with Gasteiger partial charge in [-0.3, -0.25) is 9.78 Å². The highest BCUT2D eigenvalue weighted by molar-refractivity contribution is 6.31. The van der Waals surface area contributed by atoms with Crippen molar-refractivity contribution in [2.24, 2.45) is 21.7 Å². The molecule has 1 saturated heterocycles. The summed E-state index contributed by atoms with van der Waals surface area (Å²) < 4.78 is 13.7. The van der Waals surface area contributed by atoms with Gasteiger partial charge in [0.05, 0.1) is 11.4 Å². The van der Waals surface area contributed by atoms with E-state index in [2.05, 4.69) is 20.5 Å². The first-order chi connectivity index (χ1) is 15.7. The van der Waals surface area contributed by atoms with Gasteiger partial charge in [0.1, 0.15) is 11.9 Å². The third-order valence-corrected chi connectivity index (χ3v) is 5.73. The van der Waals surface area contributed by atoms with Gasteiger partial charge in [-0.15, -0.1) is 5.10 Å². The summed E-state index contributed by atoms with van der Waals surface area (Å²) in [5.74, 6) is -1.58. The highest BCUT2D eigenvalue weighted by Crippen LogP contribution is 2.36. The number of aryl methyl sites for hydroxylation is 1. The van der Waals surface area contributed by atoms with Crippen LogP contribution in [0.4, 0.5) is 4.39 Å². The lowest BCUT2D eigenvalue weighted by Gasteiger charge is -2.27. The smallest absolute Gasteiger partial charge is 0.326 e. The Morgan fingerprint density at radius 1 is 1.30 bits per heavy atom. The highest BCUT2D eigenvalue weighted by atomic mass is 35.5. The molecular formula is C22H24ClFN6O3. The van der Waals surface area contributed by atoms with Crippen LogP contribution in [-0.4, -0.2) is 39.7 Å². The summed E-state index contributed by atoms with van der Waals surface area (Å²) in [6.07, 6.45) is 3.73. The zero-order valence-corrected chi connectivity index (χ0v) is 18.6. The van der Waals surface area contributed by atoms with E-state index in [0.29, 0.717) is 30.7 Å². The van der Waals surface area contributed by atoms with Gasteiger partial charge in [-0.05, 0) is 67.5 Å². The Morgan fingerprint density at radius 3 is 2.67 bits per heavy atom. The van der Waals surface area contributed by atoms with Crippen LogP contribution in [0.25, 0.3) is 0 Å². The molecule has 0 radical (unpaired) electrons. The number of halogens is 2. The highest BCUT2D eigenvalue weighted by Gasteiger charge is 2.29. The lowest BCUT2D eigenvalue weighted by molar-refractivity contribution is -0.140. The molecule has 2 atom stereocenters. The van der Waals surface area contributed by atoms with Crippen LogP contribution in [0, 0.1) is 12.7 Å². The van der Waals surface area contributed by atoms with E-state index in [1.807, 2.05) is 13.0 Å². The Labute approximate surface area is 194 Å². The van der Waals surface area contributed by atoms with Crippen molar-refractivity contribution in [1.82, 2.24) is 10.3 Å². The molecule has 1 aliphatic heterocycles. The van der Waals surface area contributed by atoms with Crippen LogP contribution >= 0.6 is 11.6 Å². The minimum absolute atomic E-state index is 0.0389. The monoisotopic (exact) mass is 474 g/mol. The SMILES string of the molecule is Cc1ccnc2c1C(=NN=C(N)N)CC(c1cc(F)ccc1Cl)C2.O=C1CC[C@@H](C(=O)O)N1. The third-order valence-electron chi connectivity index (χ3n) is 5.38. The average Bonchev–Trinajstić information content (AvgIpc) is 3.21. The van der Waals surface area contributed by atoms with Gasteiger partial charge >= 0.3 is 5.97 Å². The van der Waals surface area contributed by atoms with Crippen LogP contribution in [0.2, 0.25) is 5.02 Å². The van der Waals surface area contributed by atoms with Crippen LogP contribution < -0.4 is 16.8 Å². The van der Waals surface area contributed by atoms with E-state index in [1.54, 1.807) is 12.3 Å². The molecule has 1 amide bonds. The normalized spacial score (nSPS) is 20.3. The molecule has 33 heavy (non-hydrogen) atoms. The minimum atomic E-state index is -0.944. The molecule has 0 spiro atoms. The molecule has 11 heteroatoms. The van der Waals surface area contributed by atoms with E-state index in [0.717, 1.165) is 28.1 Å². The van der Waals surface area contributed by atoms with Crippen molar-refractivity contribution in [2.75, 3.05) is 0 Å². The number of rotatable bonds is 3. The van der Waals surface area contributed by atoms with Crippen LogP contribution in [0.5, 0.6) is 0 Å². The van der Waals surface area contributed by atoms with Crippen molar-refractivity contribution in [3.63, 3.8) is 0 Å². The number of aromatic nitrogens is 1. The van der Waals surface area contributed by atoms with Crippen molar-refractivity contribution in [2.45, 2.75) is 44.6 Å². The molecule has 2 aliphatic rings. The zero-order chi connectivity index (χ0) is 24.1. The molecule has 1 aromatic heterocycles. The summed E-state index contributed by atoms with van der Waals surface area (Å²) in [5.41, 5.74) is 15.1. The molecule has 2 aromatic rings. The molecule has 174 valence electrons. The van der Waals surface area contributed by atoms with Crippen molar-refractivity contribution < 1.29 is 19.1 Å². The minimum Gasteiger partial charge on any atom is -0.480 e. The Hall–Kier alpha value is -3.53. The zero-order valence-electron chi connectivity index (χ0n) is 17.9. The van der Waals surface area contributed by atoms with Crippen LogP contribution in [-0.2, 0) is 16.0 Å². The Morgan fingerprint density at radius 2 is 2.06 bits per heavy atom. The number of carboxylic acids is 1. The van der Waals surface area contributed by atoms with E-state index in [1.165, 1.54) is 12.1 Å². The summed E-state index contributed by atoms with van der Waals surface area (Å²) in [5, 5.41) is 19.1. The number of nitrogens with two attached hydrogens (primary N) is 2. The average molecular weight is 475 g/mol. The van der Waals surface area contributed by atoms with Crippen LogP contribution in [0.3, 0.4) is 0 Å². The maximum Gasteiger partial charge on any atom is 0.326 e. The fourth-order valence-corrected chi connectivity index (χ4v) is 4.13. The van der Waals surface area contributed by atoms with Crippen LogP contribution in [0.15, 0.2) is 40.7 Å². The molecule has 9 nitrogen and oxygen atoms in total. The van der Waals surface area contributed by atoms with Gasteiger partial charge in [0.15, 0.2) is 0 Å². The number of aliphatic carboxylic acids is 1. The van der Waals surface area contributed by atoms with E-state index < -0.39 is 12.0 Å². The Balaban J connectivity index is 0.000000286. The summed E-state index contributed by atoms with van der Waals surface area (Å²) >= 11 is 6.27. The summed E-state index contributed by atoms with van der Waals surface area (Å²) in [6, 6.07) is 5.65. The number of pyridine rings is 1. The van der Waals surface area contributed by atoms with E-state index in [9.17, 15) is 14.0 Å². The standard InChI is InChI=1S/C17H17ClFN5.C5H7NO3/c1-9-4-5-22-14-6-10(12-8-11(19)2-3-13(12)18)7-15(16(9)14)23-24-17(20)21;7-4-2-1-3(6-4)5(8)9/h2-5,8,10H,6-7H2,1H3,(H4,20,21,24);3H,1-2H2,(H,6,7)(H,8,9)/t;3-/m.0/s1. The number of carboxylic acid groups (broad SMARTS) is 1. The first-order valence-electron chi connectivity index (χ1n) is 10.2. The largest absolute Gasteiger partial charge is 0.480 e. The number of amides is 1. The van der Waals surface area contributed by atoms with E-state index in [-0.39, 0.29) is 23.6 Å². The van der Waals surface area contributed by atoms with Crippen molar-refractivity contribution in [1.29, 1.82) is 0 Å². The molecule has 6 N–H and O–H groups in total. The first kappa shape index (κ1) is 24.1. The van der Waals surface area contributed by atoms with E-state index >= 15 is 0 Å². The number of fused-ring (bicyclic) bond motifs is 1. The first-order valence-corrected chi connectivity index (χ1v) is 10.6. The fourth-order valence-electron chi connectivity index (χ4n) is 3.86. The molecule has 4 rings (SSSR count). The number of guanidine groups is 1. The molecule has 1 unspecified atom stereocenters. The van der Waals surface area contributed by atoms with Gasteiger partial charge in [-0.25, -0.2) is 9.18 Å². The second-order valence-corrected chi connectivity index (χ2v) is 8.20. The second kappa shape index (κ2) is 10.4. The number of nitrogens with one attached hydrogen (secondary N) is 1. The predicted octanol–water partition coefficient (Wildman–Crippen LogP) is 2.24. The molecular weight excluding hydrogens is 451 g/mol. The lowest BCUT2D eigenvalue weighted by Crippen LogP contribution is -2.32. The number of nitrogens with zero attached hydrogens (tertiary/aromatic N) is 3. The third kappa shape index (κ3) is 6.04. The van der Waals surface area contributed by atoms with Gasteiger partial charge in [0, 0.05) is 23.2 Å². The Kier molecular flexibility index (Phi) is 7.59. The number of benzene rings is 1. The van der Waals surface area contributed by atoms with E-state index in [4.69, 9.17) is 28.2 Å². The topological polar surface area (TPSA) is 156 Å². The van der Waals surface area contributed by atoms with Gasteiger partial charge in [-0.1, -0.05) is 11.6 Å². The molecule has 1 fully saturated rings. The number of hydrogen-bond donors (Lipinski definition) is 4. The van der Waals surface area contributed by atoms with Gasteiger partial charge in [0.2, 0.25) is 11.9 Å². The summed E-state index contributed by atoms with van der Waals surface area (Å²) in [7, 11) is 0.